The lowest BCUT2D eigenvalue weighted by Crippen LogP contribution is -2.49. The van der Waals surface area contributed by atoms with Crippen molar-refractivity contribution in [2.45, 2.75) is 82.9 Å². The second-order valence-electron chi connectivity index (χ2n) is 6.96. The van der Waals surface area contributed by atoms with Gasteiger partial charge in [-0.1, -0.05) is 32.6 Å². The molecule has 0 radical (unpaired) electrons. The first-order valence-corrected chi connectivity index (χ1v) is 8.84. The van der Waals surface area contributed by atoms with Crippen molar-refractivity contribution in [1.82, 2.24) is 10.2 Å². The molecule has 2 fully saturated rings. The maximum absolute atomic E-state index is 10.2. The van der Waals surface area contributed by atoms with Gasteiger partial charge in [0.2, 0.25) is 0 Å². The van der Waals surface area contributed by atoms with Gasteiger partial charge >= 0.3 is 0 Å². The van der Waals surface area contributed by atoms with Crippen molar-refractivity contribution in [1.29, 1.82) is 0 Å². The van der Waals surface area contributed by atoms with Crippen LogP contribution in [0.4, 0.5) is 0 Å². The van der Waals surface area contributed by atoms with E-state index < -0.39 is 0 Å². The van der Waals surface area contributed by atoms with Gasteiger partial charge < -0.3 is 15.3 Å². The van der Waals surface area contributed by atoms with Crippen LogP contribution in [-0.2, 0) is 0 Å². The molecule has 4 atom stereocenters. The van der Waals surface area contributed by atoms with Gasteiger partial charge in [-0.3, -0.25) is 0 Å². The van der Waals surface area contributed by atoms with Gasteiger partial charge in [-0.05, 0) is 51.6 Å². The largest absolute Gasteiger partial charge is 0.391 e. The fourth-order valence-corrected chi connectivity index (χ4v) is 4.14. The summed E-state index contributed by atoms with van der Waals surface area (Å²) < 4.78 is 0. The van der Waals surface area contributed by atoms with E-state index in [4.69, 9.17) is 0 Å². The number of aliphatic hydroxyl groups excluding tert-OH is 1. The van der Waals surface area contributed by atoms with Crippen molar-refractivity contribution in [2.24, 2.45) is 5.92 Å². The molecule has 0 heterocycles. The summed E-state index contributed by atoms with van der Waals surface area (Å²) in [6.45, 7) is 4.55. The maximum atomic E-state index is 10.2. The van der Waals surface area contributed by atoms with Crippen LogP contribution in [0.2, 0.25) is 0 Å². The zero-order valence-corrected chi connectivity index (χ0v) is 13.5. The van der Waals surface area contributed by atoms with E-state index in [1.807, 2.05) is 0 Å². The third-order valence-electron chi connectivity index (χ3n) is 5.35. The summed E-state index contributed by atoms with van der Waals surface area (Å²) in [4.78, 5) is 2.46. The van der Waals surface area contributed by atoms with Crippen LogP contribution < -0.4 is 5.32 Å². The highest BCUT2D eigenvalue weighted by molar-refractivity contribution is 4.87. The third-order valence-corrected chi connectivity index (χ3v) is 5.35. The summed E-state index contributed by atoms with van der Waals surface area (Å²) in [5, 5.41) is 14.0. The number of nitrogens with zero attached hydrogens (tertiary/aromatic N) is 1. The van der Waals surface area contributed by atoms with E-state index in [0.717, 1.165) is 25.4 Å². The second kappa shape index (κ2) is 8.35. The molecule has 0 bridgehead atoms. The van der Waals surface area contributed by atoms with Crippen LogP contribution in [-0.4, -0.2) is 48.3 Å². The first kappa shape index (κ1) is 16.3. The van der Waals surface area contributed by atoms with Gasteiger partial charge in [-0.2, -0.15) is 0 Å². The van der Waals surface area contributed by atoms with E-state index in [9.17, 15) is 5.11 Å². The fraction of sp³-hybridized carbons (Fsp3) is 1.00. The minimum Gasteiger partial charge on any atom is -0.391 e. The lowest BCUT2D eigenvalue weighted by Gasteiger charge is -2.40. The zero-order chi connectivity index (χ0) is 14.4. The molecule has 2 aliphatic rings. The molecular formula is C17H34N2O. The normalized spacial score (nSPS) is 35.4. The molecule has 0 aromatic heterocycles. The molecule has 2 aliphatic carbocycles. The van der Waals surface area contributed by atoms with Crippen molar-refractivity contribution >= 4 is 0 Å². The summed E-state index contributed by atoms with van der Waals surface area (Å²) in [6.07, 6.45) is 11.3. The maximum Gasteiger partial charge on any atom is 0.0695 e. The van der Waals surface area contributed by atoms with Crippen molar-refractivity contribution in [3.63, 3.8) is 0 Å². The molecule has 118 valence electrons. The lowest BCUT2D eigenvalue weighted by atomic mass is 9.83. The smallest absolute Gasteiger partial charge is 0.0695 e. The highest BCUT2D eigenvalue weighted by atomic mass is 16.3. The number of likely N-dealkylation sites (N-methyl/N-ethyl adjacent to an activating group) is 1. The molecule has 2 saturated carbocycles. The van der Waals surface area contributed by atoms with Crippen LogP contribution in [0.5, 0.6) is 0 Å². The van der Waals surface area contributed by atoms with E-state index in [1.165, 1.54) is 51.4 Å². The second-order valence-corrected chi connectivity index (χ2v) is 6.96. The Bertz CT molecular complexity index is 272. The van der Waals surface area contributed by atoms with Crippen molar-refractivity contribution in [2.75, 3.05) is 20.1 Å². The molecule has 2 rings (SSSR count). The monoisotopic (exact) mass is 282 g/mol. The summed E-state index contributed by atoms with van der Waals surface area (Å²) in [7, 11) is 2.23. The van der Waals surface area contributed by atoms with Crippen LogP contribution in [0.1, 0.15) is 64.7 Å². The average molecular weight is 282 g/mol. The standard InChI is InChI=1S/C17H34N2O/c1-3-12-18-15-9-5-4-8-14(15)13-19(2)16-10-6-7-11-17(16)20/h14-18,20H,3-13H2,1-2H3. The Kier molecular flexibility index (Phi) is 6.79. The zero-order valence-electron chi connectivity index (χ0n) is 13.5. The van der Waals surface area contributed by atoms with E-state index in [0.29, 0.717) is 12.1 Å². The molecule has 2 N–H and O–H groups in total. The molecule has 0 saturated heterocycles. The molecule has 4 unspecified atom stereocenters. The highest BCUT2D eigenvalue weighted by Crippen LogP contribution is 2.28. The lowest BCUT2D eigenvalue weighted by molar-refractivity contribution is 0.0200. The van der Waals surface area contributed by atoms with Crippen molar-refractivity contribution < 1.29 is 5.11 Å². The van der Waals surface area contributed by atoms with Gasteiger partial charge in [0.25, 0.3) is 0 Å². The summed E-state index contributed by atoms with van der Waals surface area (Å²) >= 11 is 0. The minimum atomic E-state index is -0.0978. The first-order chi connectivity index (χ1) is 9.72. The molecule has 0 spiro atoms. The number of aliphatic hydroxyl groups is 1. The van der Waals surface area contributed by atoms with E-state index in [1.54, 1.807) is 0 Å². The highest BCUT2D eigenvalue weighted by Gasteiger charge is 2.31. The Hall–Kier alpha value is -0.120. The van der Waals surface area contributed by atoms with Gasteiger partial charge in [0, 0.05) is 18.6 Å². The van der Waals surface area contributed by atoms with Gasteiger partial charge in [0.15, 0.2) is 0 Å². The predicted molar refractivity (Wildman–Crippen MR) is 84.9 cm³/mol. The molecule has 0 aromatic rings. The molecule has 3 nitrogen and oxygen atoms in total. The molecule has 3 heteroatoms. The Morgan fingerprint density at radius 1 is 1.05 bits per heavy atom. The van der Waals surface area contributed by atoms with E-state index >= 15 is 0 Å². The SMILES string of the molecule is CCCNC1CCCCC1CN(C)C1CCCCC1O. The van der Waals surface area contributed by atoms with Crippen LogP contribution in [0.25, 0.3) is 0 Å². The summed E-state index contributed by atoms with van der Waals surface area (Å²) in [5.74, 6) is 0.773. The third kappa shape index (κ3) is 4.44. The van der Waals surface area contributed by atoms with Gasteiger partial charge in [0.05, 0.1) is 6.10 Å². The van der Waals surface area contributed by atoms with Gasteiger partial charge in [0.1, 0.15) is 0 Å². The van der Waals surface area contributed by atoms with E-state index in [2.05, 4.69) is 24.2 Å². The number of nitrogens with one attached hydrogen (secondary N) is 1. The predicted octanol–water partition coefficient (Wildman–Crippen LogP) is 2.78. The Balaban J connectivity index is 1.85. The van der Waals surface area contributed by atoms with Crippen LogP contribution in [0, 0.1) is 5.92 Å². The van der Waals surface area contributed by atoms with E-state index in [-0.39, 0.29) is 6.10 Å². The number of hydrogen-bond acceptors (Lipinski definition) is 3. The van der Waals surface area contributed by atoms with Gasteiger partial charge in [-0.25, -0.2) is 0 Å². The molecule has 0 aliphatic heterocycles. The number of rotatable bonds is 6. The van der Waals surface area contributed by atoms with Crippen molar-refractivity contribution in [3.05, 3.63) is 0 Å². The summed E-state index contributed by atoms with van der Waals surface area (Å²) in [6, 6.07) is 1.10. The molecule has 0 aromatic carbocycles. The fourth-order valence-electron chi connectivity index (χ4n) is 4.14. The molecular weight excluding hydrogens is 248 g/mol. The quantitative estimate of drug-likeness (QED) is 0.786. The van der Waals surface area contributed by atoms with Crippen molar-refractivity contribution in [3.8, 4) is 0 Å². The van der Waals surface area contributed by atoms with Crippen LogP contribution >= 0.6 is 0 Å². The van der Waals surface area contributed by atoms with Crippen LogP contribution in [0.15, 0.2) is 0 Å². The first-order valence-electron chi connectivity index (χ1n) is 8.84. The summed E-state index contributed by atoms with van der Waals surface area (Å²) in [5.41, 5.74) is 0. The Labute approximate surface area is 125 Å². The van der Waals surface area contributed by atoms with Crippen LogP contribution in [0.3, 0.4) is 0 Å². The topological polar surface area (TPSA) is 35.5 Å². The molecule has 0 amide bonds. The van der Waals surface area contributed by atoms with Gasteiger partial charge in [-0.15, -0.1) is 0 Å². The Morgan fingerprint density at radius 3 is 2.50 bits per heavy atom. The Morgan fingerprint density at radius 2 is 1.75 bits per heavy atom. The minimum absolute atomic E-state index is 0.0978. The number of hydrogen-bond donors (Lipinski definition) is 2. The molecule has 20 heavy (non-hydrogen) atoms. The average Bonchev–Trinajstić information content (AvgIpc) is 2.46.